The molecule has 0 aromatic carbocycles. The fourth-order valence-corrected chi connectivity index (χ4v) is 2.34. The summed E-state index contributed by atoms with van der Waals surface area (Å²) in [6, 6.07) is 0. The second kappa shape index (κ2) is 4.12. The van der Waals surface area contributed by atoms with Gasteiger partial charge in [-0.1, -0.05) is 33.1 Å². The smallest absolute Gasteiger partial charge is 0.303 e. The highest BCUT2D eigenvalue weighted by molar-refractivity contribution is 5.66. The molecule has 1 N–H and O–H groups in total. The number of aliphatic carboxylic acids is 1. The van der Waals surface area contributed by atoms with Crippen LogP contribution in [0.1, 0.15) is 52.4 Å². The summed E-state index contributed by atoms with van der Waals surface area (Å²) in [4.78, 5) is 10.5. The Morgan fingerprint density at radius 3 is 2.77 bits per heavy atom. The first-order chi connectivity index (χ1) is 6.04. The maximum atomic E-state index is 10.5. The van der Waals surface area contributed by atoms with E-state index in [1.807, 2.05) is 0 Å². The van der Waals surface area contributed by atoms with Crippen molar-refractivity contribution in [2.45, 2.75) is 52.4 Å². The predicted molar refractivity (Wildman–Crippen MR) is 52.6 cm³/mol. The molecule has 0 saturated heterocycles. The van der Waals surface area contributed by atoms with E-state index in [2.05, 4.69) is 13.8 Å². The van der Waals surface area contributed by atoms with Gasteiger partial charge in [-0.15, -0.1) is 0 Å². The molecule has 1 fully saturated rings. The van der Waals surface area contributed by atoms with E-state index in [0.717, 1.165) is 6.42 Å². The minimum Gasteiger partial charge on any atom is -0.481 e. The molecule has 2 unspecified atom stereocenters. The van der Waals surface area contributed by atoms with E-state index < -0.39 is 5.97 Å². The summed E-state index contributed by atoms with van der Waals surface area (Å²) in [6.45, 7) is 4.51. The van der Waals surface area contributed by atoms with Crippen molar-refractivity contribution in [3.05, 3.63) is 0 Å². The zero-order valence-electron chi connectivity index (χ0n) is 8.68. The molecule has 0 radical (unpaired) electrons. The average molecular weight is 184 g/mol. The molecule has 1 rings (SSSR count). The van der Waals surface area contributed by atoms with E-state index >= 15 is 0 Å². The van der Waals surface area contributed by atoms with Crippen LogP contribution in [0.15, 0.2) is 0 Å². The van der Waals surface area contributed by atoms with Gasteiger partial charge in [-0.25, -0.2) is 0 Å². The highest BCUT2D eigenvalue weighted by Gasteiger charge is 2.33. The molecule has 13 heavy (non-hydrogen) atoms. The standard InChI is InChI=1S/C11H20O2/c1-9-5-3-4-7-11(9,2)8-6-10(12)13/h9H,3-8H2,1-2H3,(H,12,13). The van der Waals surface area contributed by atoms with Crippen molar-refractivity contribution < 1.29 is 9.90 Å². The van der Waals surface area contributed by atoms with Crippen molar-refractivity contribution in [3.8, 4) is 0 Å². The average Bonchev–Trinajstić information content (AvgIpc) is 2.07. The number of rotatable bonds is 3. The van der Waals surface area contributed by atoms with Gasteiger partial charge in [0.05, 0.1) is 0 Å². The number of hydrogen-bond acceptors (Lipinski definition) is 1. The SMILES string of the molecule is CC1CCCCC1(C)CCC(=O)O. The summed E-state index contributed by atoms with van der Waals surface area (Å²) in [6.07, 6.45) is 6.27. The Labute approximate surface area is 80.3 Å². The lowest BCUT2D eigenvalue weighted by Gasteiger charge is -2.39. The molecule has 0 aromatic heterocycles. The van der Waals surface area contributed by atoms with E-state index in [4.69, 9.17) is 5.11 Å². The van der Waals surface area contributed by atoms with Crippen LogP contribution in [0.5, 0.6) is 0 Å². The van der Waals surface area contributed by atoms with Crippen molar-refractivity contribution in [1.29, 1.82) is 0 Å². The van der Waals surface area contributed by atoms with Crippen molar-refractivity contribution in [2.75, 3.05) is 0 Å². The van der Waals surface area contributed by atoms with Crippen LogP contribution in [0.3, 0.4) is 0 Å². The zero-order chi connectivity index (χ0) is 9.90. The second-order valence-corrected chi connectivity index (χ2v) is 4.69. The molecular weight excluding hydrogens is 164 g/mol. The summed E-state index contributed by atoms with van der Waals surface area (Å²) in [5.74, 6) is 0.0413. The summed E-state index contributed by atoms with van der Waals surface area (Å²) < 4.78 is 0. The molecule has 0 bridgehead atoms. The third-order valence-corrected chi connectivity index (χ3v) is 3.73. The summed E-state index contributed by atoms with van der Waals surface area (Å²) >= 11 is 0. The molecule has 0 aromatic rings. The van der Waals surface area contributed by atoms with Crippen LogP contribution in [0.4, 0.5) is 0 Å². The molecule has 0 aliphatic heterocycles. The van der Waals surface area contributed by atoms with E-state index in [9.17, 15) is 4.79 Å². The van der Waals surface area contributed by atoms with Gasteiger partial charge in [0.25, 0.3) is 0 Å². The van der Waals surface area contributed by atoms with Crippen LogP contribution in [0.25, 0.3) is 0 Å². The second-order valence-electron chi connectivity index (χ2n) is 4.69. The van der Waals surface area contributed by atoms with Gasteiger partial charge in [0, 0.05) is 6.42 Å². The molecule has 0 heterocycles. The van der Waals surface area contributed by atoms with Crippen molar-refractivity contribution in [2.24, 2.45) is 11.3 Å². The van der Waals surface area contributed by atoms with E-state index in [-0.39, 0.29) is 5.41 Å². The Balaban J connectivity index is 2.46. The number of carboxylic acids is 1. The van der Waals surface area contributed by atoms with E-state index in [0.29, 0.717) is 12.3 Å². The van der Waals surface area contributed by atoms with E-state index in [1.54, 1.807) is 0 Å². The van der Waals surface area contributed by atoms with Gasteiger partial charge in [0.15, 0.2) is 0 Å². The molecule has 1 aliphatic rings. The first-order valence-corrected chi connectivity index (χ1v) is 5.26. The molecule has 1 saturated carbocycles. The number of carboxylic acid groups (broad SMARTS) is 1. The highest BCUT2D eigenvalue weighted by Crippen LogP contribution is 2.43. The summed E-state index contributed by atoms with van der Waals surface area (Å²) in [5, 5.41) is 8.64. The minimum atomic E-state index is -0.654. The van der Waals surface area contributed by atoms with Gasteiger partial charge in [-0.2, -0.15) is 0 Å². The fraction of sp³-hybridized carbons (Fsp3) is 0.909. The van der Waals surface area contributed by atoms with Crippen LogP contribution < -0.4 is 0 Å². The van der Waals surface area contributed by atoms with Crippen LogP contribution in [-0.4, -0.2) is 11.1 Å². The van der Waals surface area contributed by atoms with Gasteiger partial charge >= 0.3 is 5.97 Å². The van der Waals surface area contributed by atoms with Crippen LogP contribution >= 0.6 is 0 Å². The third kappa shape index (κ3) is 2.71. The Bertz CT molecular complexity index is 189. The normalized spacial score (nSPS) is 34.5. The molecule has 1 aliphatic carbocycles. The first-order valence-electron chi connectivity index (χ1n) is 5.26. The Hall–Kier alpha value is -0.530. The van der Waals surface area contributed by atoms with E-state index in [1.165, 1.54) is 25.7 Å². The molecule has 2 heteroatoms. The molecule has 0 amide bonds. The predicted octanol–water partition coefficient (Wildman–Crippen LogP) is 3.07. The van der Waals surface area contributed by atoms with Crippen LogP contribution in [-0.2, 0) is 4.79 Å². The van der Waals surface area contributed by atoms with Crippen LogP contribution in [0.2, 0.25) is 0 Å². The Morgan fingerprint density at radius 1 is 1.54 bits per heavy atom. The molecule has 76 valence electrons. The quantitative estimate of drug-likeness (QED) is 0.732. The molecular formula is C11H20O2. The lowest BCUT2D eigenvalue weighted by molar-refractivity contribution is -0.138. The summed E-state index contributed by atoms with van der Waals surface area (Å²) in [5.41, 5.74) is 0.288. The van der Waals surface area contributed by atoms with Gasteiger partial charge in [0.2, 0.25) is 0 Å². The monoisotopic (exact) mass is 184 g/mol. The van der Waals surface area contributed by atoms with Crippen molar-refractivity contribution in [3.63, 3.8) is 0 Å². The maximum absolute atomic E-state index is 10.5. The van der Waals surface area contributed by atoms with Crippen molar-refractivity contribution >= 4 is 5.97 Å². The maximum Gasteiger partial charge on any atom is 0.303 e. The van der Waals surface area contributed by atoms with Gasteiger partial charge in [0.1, 0.15) is 0 Å². The Kier molecular flexibility index (Phi) is 3.34. The number of hydrogen-bond donors (Lipinski definition) is 1. The third-order valence-electron chi connectivity index (χ3n) is 3.73. The largest absolute Gasteiger partial charge is 0.481 e. The number of carbonyl (C=O) groups is 1. The molecule has 2 atom stereocenters. The molecule has 0 spiro atoms. The topological polar surface area (TPSA) is 37.3 Å². The highest BCUT2D eigenvalue weighted by atomic mass is 16.4. The zero-order valence-corrected chi connectivity index (χ0v) is 8.68. The lowest BCUT2D eigenvalue weighted by atomic mass is 9.66. The van der Waals surface area contributed by atoms with Gasteiger partial charge < -0.3 is 5.11 Å². The Morgan fingerprint density at radius 2 is 2.23 bits per heavy atom. The van der Waals surface area contributed by atoms with Gasteiger partial charge in [-0.05, 0) is 24.2 Å². The summed E-state index contributed by atoms with van der Waals surface area (Å²) in [7, 11) is 0. The van der Waals surface area contributed by atoms with Gasteiger partial charge in [-0.3, -0.25) is 4.79 Å². The fourth-order valence-electron chi connectivity index (χ4n) is 2.34. The first kappa shape index (κ1) is 10.6. The molecule has 2 nitrogen and oxygen atoms in total. The van der Waals surface area contributed by atoms with Crippen LogP contribution in [0, 0.1) is 11.3 Å². The lowest BCUT2D eigenvalue weighted by Crippen LogP contribution is -2.29. The van der Waals surface area contributed by atoms with Crippen molar-refractivity contribution in [1.82, 2.24) is 0 Å². The minimum absolute atomic E-state index is 0.288.